The summed E-state index contributed by atoms with van der Waals surface area (Å²) >= 11 is 0. The third-order valence-corrected chi connectivity index (χ3v) is 3.50. The minimum atomic E-state index is -4.91. The number of benzene rings is 2. The van der Waals surface area contributed by atoms with Gasteiger partial charge in [0, 0.05) is 6.42 Å². The molecule has 1 N–H and O–H groups in total. The van der Waals surface area contributed by atoms with Crippen LogP contribution in [0.5, 0.6) is 0 Å². The summed E-state index contributed by atoms with van der Waals surface area (Å²) in [7, 11) is 0. The fraction of sp³-hybridized carbons (Fsp3) is 0.235. The fourth-order valence-corrected chi connectivity index (χ4v) is 2.24. The third kappa shape index (κ3) is 4.98. The van der Waals surface area contributed by atoms with Crippen molar-refractivity contribution >= 4 is 5.97 Å². The summed E-state index contributed by atoms with van der Waals surface area (Å²) in [6.45, 7) is 0. The molecule has 8 heteroatoms. The Morgan fingerprint density at radius 2 is 1.28 bits per heavy atom. The SMILES string of the molecule is O=C(O)CCc1ccc(-c2cc(C(F)(F)F)cc(C(F)(F)F)c2)cc1. The number of alkyl halides is 6. The van der Waals surface area contributed by atoms with E-state index in [1.165, 1.54) is 24.3 Å². The Labute approximate surface area is 138 Å². The van der Waals surface area contributed by atoms with Crippen molar-refractivity contribution < 1.29 is 36.2 Å². The maximum Gasteiger partial charge on any atom is 0.416 e. The molecule has 0 unspecified atom stereocenters. The first-order chi connectivity index (χ1) is 11.5. The van der Waals surface area contributed by atoms with Crippen molar-refractivity contribution in [1.82, 2.24) is 0 Å². The number of carboxylic acids is 1. The first-order valence-electron chi connectivity index (χ1n) is 7.07. The van der Waals surface area contributed by atoms with Crippen molar-refractivity contribution in [2.24, 2.45) is 0 Å². The second-order valence-electron chi connectivity index (χ2n) is 5.39. The Balaban J connectivity index is 2.42. The van der Waals surface area contributed by atoms with Gasteiger partial charge in [0.2, 0.25) is 0 Å². The highest BCUT2D eigenvalue weighted by molar-refractivity contribution is 5.68. The van der Waals surface area contributed by atoms with Crippen molar-refractivity contribution in [3.63, 3.8) is 0 Å². The topological polar surface area (TPSA) is 37.3 Å². The van der Waals surface area contributed by atoms with E-state index in [9.17, 15) is 31.1 Å². The molecule has 2 nitrogen and oxygen atoms in total. The molecule has 0 aliphatic carbocycles. The van der Waals surface area contributed by atoms with Gasteiger partial charge in [-0.05, 0) is 41.3 Å². The van der Waals surface area contributed by atoms with Crippen molar-refractivity contribution in [3.8, 4) is 11.1 Å². The summed E-state index contributed by atoms with van der Waals surface area (Å²) in [6.07, 6.45) is -9.72. The van der Waals surface area contributed by atoms with E-state index in [2.05, 4.69) is 0 Å². The summed E-state index contributed by atoms with van der Waals surface area (Å²) in [5.41, 5.74) is -2.18. The number of rotatable bonds is 4. The summed E-state index contributed by atoms with van der Waals surface area (Å²) in [5, 5.41) is 8.61. The maximum atomic E-state index is 12.9. The number of carbonyl (C=O) groups is 1. The zero-order chi connectivity index (χ0) is 18.8. The van der Waals surface area contributed by atoms with E-state index in [1.54, 1.807) is 0 Å². The van der Waals surface area contributed by atoms with E-state index in [-0.39, 0.29) is 30.0 Å². The van der Waals surface area contributed by atoms with Crippen LogP contribution in [0, 0.1) is 0 Å². The molecule has 25 heavy (non-hydrogen) atoms. The van der Waals surface area contributed by atoms with Crippen LogP contribution in [0.15, 0.2) is 42.5 Å². The van der Waals surface area contributed by atoms with Gasteiger partial charge in [-0.15, -0.1) is 0 Å². The van der Waals surface area contributed by atoms with Gasteiger partial charge < -0.3 is 5.11 Å². The van der Waals surface area contributed by atoms with Crippen LogP contribution < -0.4 is 0 Å². The van der Waals surface area contributed by atoms with E-state index >= 15 is 0 Å². The van der Waals surface area contributed by atoms with Crippen molar-refractivity contribution in [3.05, 3.63) is 59.2 Å². The predicted octanol–water partition coefficient (Wildman–Crippen LogP) is 5.41. The summed E-state index contributed by atoms with van der Waals surface area (Å²) < 4.78 is 77.2. The minimum absolute atomic E-state index is 0.0741. The number of hydrogen-bond acceptors (Lipinski definition) is 1. The molecule has 0 aliphatic rings. The van der Waals surface area contributed by atoms with Crippen LogP contribution in [0.4, 0.5) is 26.3 Å². The van der Waals surface area contributed by atoms with Gasteiger partial charge in [-0.25, -0.2) is 0 Å². The van der Waals surface area contributed by atoms with E-state index in [0.717, 1.165) is 0 Å². The number of aliphatic carboxylic acids is 1. The molecule has 0 amide bonds. The second-order valence-corrected chi connectivity index (χ2v) is 5.39. The fourth-order valence-electron chi connectivity index (χ4n) is 2.24. The maximum absolute atomic E-state index is 12.9. The number of hydrogen-bond donors (Lipinski definition) is 1. The largest absolute Gasteiger partial charge is 0.481 e. The van der Waals surface area contributed by atoms with Crippen LogP contribution in [-0.4, -0.2) is 11.1 Å². The normalized spacial score (nSPS) is 12.2. The van der Waals surface area contributed by atoms with E-state index < -0.39 is 29.4 Å². The monoisotopic (exact) mass is 362 g/mol. The second kappa shape index (κ2) is 6.78. The first-order valence-corrected chi connectivity index (χ1v) is 7.07. The molecule has 0 aliphatic heterocycles. The van der Waals surface area contributed by atoms with Crippen LogP contribution in [0.25, 0.3) is 11.1 Å². The molecule has 0 saturated heterocycles. The lowest BCUT2D eigenvalue weighted by atomic mass is 9.97. The Hall–Kier alpha value is -2.51. The lowest BCUT2D eigenvalue weighted by molar-refractivity contribution is -0.143. The van der Waals surface area contributed by atoms with Gasteiger partial charge >= 0.3 is 18.3 Å². The summed E-state index contributed by atoms with van der Waals surface area (Å²) in [5.74, 6) is -1.00. The van der Waals surface area contributed by atoms with Crippen molar-refractivity contribution in [1.29, 1.82) is 0 Å². The lowest BCUT2D eigenvalue weighted by Gasteiger charge is -2.14. The third-order valence-electron chi connectivity index (χ3n) is 3.50. The molecule has 134 valence electrons. The Kier molecular flexibility index (Phi) is 5.10. The zero-order valence-corrected chi connectivity index (χ0v) is 12.6. The standard InChI is InChI=1S/C17H12F6O2/c18-16(19,20)13-7-12(8-14(9-13)17(21,22)23)11-4-1-10(2-5-11)3-6-15(24)25/h1-2,4-5,7-9H,3,6H2,(H,24,25). The van der Waals surface area contributed by atoms with Gasteiger partial charge in [-0.3, -0.25) is 4.79 Å². The smallest absolute Gasteiger partial charge is 0.416 e. The molecular weight excluding hydrogens is 350 g/mol. The highest BCUT2D eigenvalue weighted by Gasteiger charge is 2.36. The predicted molar refractivity (Wildman–Crippen MR) is 77.8 cm³/mol. The molecule has 0 heterocycles. The average Bonchev–Trinajstić information content (AvgIpc) is 2.51. The number of carboxylic acid groups (broad SMARTS) is 1. The molecule has 0 bridgehead atoms. The summed E-state index contributed by atoms with van der Waals surface area (Å²) in [4.78, 5) is 10.5. The summed E-state index contributed by atoms with van der Waals surface area (Å²) in [6, 6.07) is 7.07. The van der Waals surface area contributed by atoms with Gasteiger partial charge in [0.25, 0.3) is 0 Å². The van der Waals surface area contributed by atoms with Gasteiger partial charge in [0.15, 0.2) is 0 Å². The molecular formula is C17H12F6O2. The quantitative estimate of drug-likeness (QED) is 0.739. The molecule has 2 aromatic rings. The molecule has 2 rings (SSSR count). The highest BCUT2D eigenvalue weighted by atomic mass is 19.4. The Bertz CT molecular complexity index is 728. The van der Waals surface area contributed by atoms with Crippen LogP contribution in [0.1, 0.15) is 23.1 Å². The van der Waals surface area contributed by atoms with Gasteiger partial charge in [0.05, 0.1) is 11.1 Å². The van der Waals surface area contributed by atoms with Gasteiger partial charge in [-0.2, -0.15) is 26.3 Å². The number of aryl methyl sites for hydroxylation is 1. The molecule has 0 radical (unpaired) electrons. The van der Waals surface area contributed by atoms with E-state index in [1.807, 2.05) is 0 Å². The Morgan fingerprint density at radius 3 is 1.68 bits per heavy atom. The van der Waals surface area contributed by atoms with E-state index in [4.69, 9.17) is 5.11 Å². The van der Waals surface area contributed by atoms with Crippen molar-refractivity contribution in [2.75, 3.05) is 0 Å². The van der Waals surface area contributed by atoms with Gasteiger partial charge in [-0.1, -0.05) is 24.3 Å². The molecule has 0 fully saturated rings. The van der Waals surface area contributed by atoms with Crippen LogP contribution >= 0.6 is 0 Å². The minimum Gasteiger partial charge on any atom is -0.481 e. The molecule has 0 aromatic heterocycles. The van der Waals surface area contributed by atoms with Crippen molar-refractivity contribution in [2.45, 2.75) is 25.2 Å². The van der Waals surface area contributed by atoms with Crippen LogP contribution in [0.2, 0.25) is 0 Å². The van der Waals surface area contributed by atoms with Crippen LogP contribution in [-0.2, 0) is 23.6 Å². The van der Waals surface area contributed by atoms with E-state index in [0.29, 0.717) is 17.7 Å². The molecule has 0 spiro atoms. The molecule has 2 aromatic carbocycles. The Morgan fingerprint density at radius 1 is 0.800 bits per heavy atom. The number of halogens is 6. The zero-order valence-electron chi connectivity index (χ0n) is 12.6. The average molecular weight is 362 g/mol. The van der Waals surface area contributed by atoms with Gasteiger partial charge in [0.1, 0.15) is 0 Å². The lowest BCUT2D eigenvalue weighted by Crippen LogP contribution is -2.11. The molecule has 0 saturated carbocycles. The molecule has 0 atom stereocenters. The van der Waals surface area contributed by atoms with Crippen LogP contribution in [0.3, 0.4) is 0 Å². The highest BCUT2D eigenvalue weighted by Crippen LogP contribution is 2.38. The first kappa shape index (κ1) is 18.8.